The number of sulfonamides is 1. The predicted molar refractivity (Wildman–Crippen MR) is 151 cm³/mol. The highest BCUT2D eigenvalue weighted by Crippen LogP contribution is 2.43. The van der Waals surface area contributed by atoms with E-state index in [9.17, 15) is 31.2 Å². The highest BCUT2D eigenvalue weighted by molar-refractivity contribution is 7.92. The molecular formula is C28H29F3N2O7S2. The Hall–Kier alpha value is -3.62. The first kappa shape index (κ1) is 31.3. The number of piperidine rings is 1. The number of aliphatic carboxylic acids is 1. The van der Waals surface area contributed by atoms with Crippen LogP contribution in [-0.2, 0) is 31.5 Å². The average molecular weight is 627 g/mol. The monoisotopic (exact) mass is 626 g/mol. The minimum absolute atomic E-state index is 0.0111. The molecular weight excluding hydrogens is 597 g/mol. The number of hydrogen-bond acceptors (Lipinski definition) is 8. The molecule has 2 N–H and O–H groups in total. The van der Waals surface area contributed by atoms with Crippen LogP contribution in [0.25, 0.3) is 10.4 Å². The van der Waals surface area contributed by atoms with Crippen LogP contribution in [0.2, 0.25) is 0 Å². The van der Waals surface area contributed by atoms with Gasteiger partial charge in [0.2, 0.25) is 10.0 Å². The molecule has 2 aromatic carbocycles. The van der Waals surface area contributed by atoms with Gasteiger partial charge in [0.1, 0.15) is 5.75 Å². The predicted octanol–water partition coefficient (Wildman–Crippen LogP) is 5.08. The molecule has 0 bridgehead atoms. The Morgan fingerprint density at radius 2 is 1.81 bits per heavy atom. The van der Waals surface area contributed by atoms with Crippen LogP contribution in [0, 0.1) is 6.92 Å². The Kier molecular flexibility index (Phi) is 9.48. The van der Waals surface area contributed by atoms with Crippen LogP contribution in [0.4, 0.5) is 18.9 Å². The Balaban J connectivity index is 1.77. The first-order valence-electron chi connectivity index (χ1n) is 12.9. The van der Waals surface area contributed by atoms with Crippen LogP contribution >= 0.6 is 11.3 Å². The fraction of sp³-hybridized carbons (Fsp3) is 0.357. The number of anilines is 1. The molecule has 9 nitrogen and oxygen atoms in total. The van der Waals surface area contributed by atoms with Gasteiger partial charge >= 0.3 is 18.1 Å². The number of rotatable bonds is 10. The van der Waals surface area contributed by atoms with Crippen molar-refractivity contribution in [1.82, 2.24) is 5.32 Å². The van der Waals surface area contributed by atoms with Gasteiger partial charge in [-0.3, -0.25) is 4.31 Å². The second-order valence-corrected chi connectivity index (χ2v) is 12.5. The fourth-order valence-electron chi connectivity index (χ4n) is 4.85. The van der Waals surface area contributed by atoms with Gasteiger partial charge in [-0.05, 0) is 62.2 Å². The summed E-state index contributed by atoms with van der Waals surface area (Å²) in [7, 11) is -2.98. The topological polar surface area (TPSA) is 122 Å². The third-order valence-corrected chi connectivity index (χ3v) is 9.82. The lowest BCUT2D eigenvalue weighted by Gasteiger charge is -2.35. The summed E-state index contributed by atoms with van der Waals surface area (Å²) in [6.07, 6.45) is -3.63. The molecule has 0 radical (unpaired) electrons. The standard InChI is InChI=1S/C28H29F3N2O7S2/c1-17-24(40-15-23(34)35)26(27(36)39-2)41-25(17)19-6-4-8-22(14-19)33(21-9-11-32-12-10-21)42(37,38)16-18-5-3-7-20(13-18)28(29,30)31/h3-8,13-14,21,32H,9-12,15-16H2,1-2H3,(H,34,35). The molecule has 0 aliphatic carbocycles. The zero-order chi connectivity index (χ0) is 30.7. The lowest BCUT2D eigenvalue weighted by atomic mass is 10.0. The van der Waals surface area contributed by atoms with E-state index in [4.69, 9.17) is 14.6 Å². The number of halogens is 3. The number of benzene rings is 2. The van der Waals surface area contributed by atoms with Crippen LogP contribution in [0.5, 0.6) is 5.75 Å². The van der Waals surface area contributed by atoms with Crippen LogP contribution in [0.3, 0.4) is 0 Å². The molecule has 1 saturated heterocycles. The highest BCUT2D eigenvalue weighted by atomic mass is 32.2. The normalized spacial score (nSPS) is 14.4. The Labute approximate surface area is 244 Å². The highest BCUT2D eigenvalue weighted by Gasteiger charge is 2.34. The largest absolute Gasteiger partial charge is 0.480 e. The summed E-state index contributed by atoms with van der Waals surface area (Å²) in [5.74, 6) is -2.53. The van der Waals surface area contributed by atoms with E-state index in [0.29, 0.717) is 47.6 Å². The van der Waals surface area contributed by atoms with Gasteiger partial charge in [0, 0.05) is 16.5 Å². The maximum atomic E-state index is 13.9. The molecule has 226 valence electrons. The molecule has 3 aromatic rings. The zero-order valence-electron chi connectivity index (χ0n) is 22.7. The molecule has 0 amide bonds. The Bertz CT molecular complexity index is 1570. The smallest absolute Gasteiger partial charge is 0.416 e. The lowest BCUT2D eigenvalue weighted by Crippen LogP contribution is -2.46. The third kappa shape index (κ3) is 7.05. The van der Waals surface area contributed by atoms with Crippen LogP contribution < -0.4 is 14.4 Å². The maximum Gasteiger partial charge on any atom is 0.416 e. The molecule has 1 aromatic heterocycles. The van der Waals surface area contributed by atoms with E-state index in [-0.39, 0.29) is 16.2 Å². The van der Waals surface area contributed by atoms with Gasteiger partial charge in [-0.1, -0.05) is 30.3 Å². The SMILES string of the molecule is COC(=O)c1sc(-c2cccc(N(C3CCNCC3)S(=O)(=O)Cc3cccc(C(F)(F)F)c3)c2)c(C)c1OCC(=O)O. The second kappa shape index (κ2) is 12.7. The fourth-order valence-corrected chi connectivity index (χ4v) is 7.86. The van der Waals surface area contributed by atoms with Crippen molar-refractivity contribution in [3.63, 3.8) is 0 Å². The third-order valence-electron chi connectivity index (χ3n) is 6.71. The van der Waals surface area contributed by atoms with Gasteiger partial charge in [0.05, 0.1) is 24.1 Å². The van der Waals surface area contributed by atoms with E-state index < -0.39 is 52.1 Å². The van der Waals surface area contributed by atoms with Gasteiger partial charge in [-0.25, -0.2) is 18.0 Å². The minimum Gasteiger partial charge on any atom is -0.480 e. The van der Waals surface area contributed by atoms with Crippen LogP contribution in [0.1, 0.15) is 39.2 Å². The van der Waals surface area contributed by atoms with E-state index in [1.807, 2.05) is 0 Å². The number of carbonyl (C=O) groups is 2. The van der Waals surface area contributed by atoms with Gasteiger partial charge in [0.15, 0.2) is 11.5 Å². The minimum atomic E-state index is -4.61. The summed E-state index contributed by atoms with van der Waals surface area (Å²) in [6, 6.07) is 10.4. The number of thiophene rings is 1. The number of methoxy groups -OCH3 is 1. The van der Waals surface area contributed by atoms with E-state index in [1.165, 1.54) is 23.5 Å². The number of nitrogens with one attached hydrogen (secondary N) is 1. The number of carboxylic acids is 1. The van der Waals surface area contributed by atoms with Crippen molar-refractivity contribution in [2.45, 2.75) is 37.7 Å². The van der Waals surface area contributed by atoms with E-state index in [2.05, 4.69) is 5.32 Å². The van der Waals surface area contributed by atoms with Gasteiger partial charge in [-0.2, -0.15) is 13.2 Å². The number of carboxylic acid groups (broad SMARTS) is 1. The van der Waals surface area contributed by atoms with Crippen molar-refractivity contribution in [3.05, 3.63) is 70.1 Å². The maximum absolute atomic E-state index is 13.9. The Morgan fingerprint density at radius 3 is 2.45 bits per heavy atom. The van der Waals surface area contributed by atoms with Crippen molar-refractivity contribution in [1.29, 1.82) is 0 Å². The van der Waals surface area contributed by atoms with Crippen molar-refractivity contribution in [2.75, 3.05) is 31.1 Å². The summed E-state index contributed by atoms with van der Waals surface area (Å²) >= 11 is 1.02. The number of nitrogens with zero attached hydrogens (tertiary/aromatic N) is 1. The molecule has 14 heteroatoms. The van der Waals surface area contributed by atoms with Crippen molar-refractivity contribution >= 4 is 39.0 Å². The lowest BCUT2D eigenvalue weighted by molar-refractivity contribution is -0.139. The van der Waals surface area contributed by atoms with E-state index in [1.54, 1.807) is 31.2 Å². The van der Waals surface area contributed by atoms with E-state index in [0.717, 1.165) is 23.5 Å². The number of hydrogen-bond donors (Lipinski definition) is 2. The summed E-state index contributed by atoms with van der Waals surface area (Å²) in [6.45, 7) is 2.10. The first-order valence-corrected chi connectivity index (χ1v) is 15.3. The van der Waals surface area contributed by atoms with Gasteiger partial charge < -0.3 is 19.9 Å². The summed E-state index contributed by atoms with van der Waals surface area (Å²) in [5, 5.41) is 12.3. The summed E-state index contributed by atoms with van der Waals surface area (Å²) in [5.41, 5.74) is 0.405. The number of ether oxygens (including phenoxy) is 2. The molecule has 0 atom stereocenters. The van der Waals surface area contributed by atoms with Crippen molar-refractivity contribution < 1.29 is 45.8 Å². The molecule has 0 unspecified atom stereocenters. The molecule has 1 aliphatic heterocycles. The van der Waals surface area contributed by atoms with E-state index >= 15 is 0 Å². The summed E-state index contributed by atoms with van der Waals surface area (Å²) in [4.78, 5) is 24.2. The zero-order valence-corrected chi connectivity index (χ0v) is 24.4. The molecule has 4 rings (SSSR count). The number of esters is 1. The molecule has 1 aliphatic rings. The first-order chi connectivity index (χ1) is 19.8. The van der Waals surface area contributed by atoms with Crippen LogP contribution in [-0.4, -0.2) is 58.3 Å². The number of carbonyl (C=O) groups excluding carboxylic acids is 1. The molecule has 2 heterocycles. The van der Waals surface area contributed by atoms with Crippen molar-refractivity contribution in [2.24, 2.45) is 0 Å². The van der Waals surface area contributed by atoms with Gasteiger partial charge in [-0.15, -0.1) is 11.3 Å². The second-order valence-electron chi connectivity index (χ2n) is 9.67. The summed E-state index contributed by atoms with van der Waals surface area (Å²) < 4.78 is 79.3. The van der Waals surface area contributed by atoms with Crippen LogP contribution in [0.15, 0.2) is 48.5 Å². The molecule has 0 spiro atoms. The quantitative estimate of drug-likeness (QED) is 0.299. The average Bonchev–Trinajstić information content (AvgIpc) is 3.27. The van der Waals surface area contributed by atoms with Crippen molar-refractivity contribution in [3.8, 4) is 16.2 Å². The van der Waals surface area contributed by atoms with Gasteiger partial charge in [0.25, 0.3) is 0 Å². The molecule has 0 saturated carbocycles. The molecule has 1 fully saturated rings. The number of alkyl halides is 3. The molecule has 42 heavy (non-hydrogen) atoms. The Morgan fingerprint density at radius 1 is 1.12 bits per heavy atom.